The van der Waals surface area contributed by atoms with Gasteiger partial charge in [-0.15, -0.1) is 0 Å². The van der Waals surface area contributed by atoms with E-state index in [0.717, 1.165) is 5.56 Å². The number of benzene rings is 2. The van der Waals surface area contributed by atoms with Crippen molar-refractivity contribution < 1.29 is 19.0 Å². The van der Waals surface area contributed by atoms with E-state index in [1.807, 2.05) is 18.9 Å². The van der Waals surface area contributed by atoms with Crippen molar-refractivity contribution in [2.24, 2.45) is 0 Å². The molecular formula is C23H24ClFN4O3. The average molecular weight is 459 g/mol. The fourth-order valence-corrected chi connectivity index (χ4v) is 3.83. The minimum absolute atomic E-state index is 0.00710. The molecule has 1 aromatic heterocycles. The highest BCUT2D eigenvalue weighted by Crippen LogP contribution is 2.35. The minimum atomic E-state index is -0.334. The number of nitrogens with zero attached hydrogens (tertiary/aromatic N) is 4. The molecule has 0 spiro atoms. The second kappa shape index (κ2) is 9.18. The van der Waals surface area contributed by atoms with Gasteiger partial charge in [-0.05, 0) is 55.3 Å². The number of fused-ring (bicyclic) bond motifs is 1. The number of carbonyl (C=O) groups excluding carboxylic acids is 1. The highest BCUT2D eigenvalue weighted by atomic mass is 35.5. The molecule has 2 heterocycles. The molecule has 1 atom stereocenters. The number of hydrogen-bond donors (Lipinski definition) is 1. The van der Waals surface area contributed by atoms with Crippen molar-refractivity contribution in [3.8, 4) is 11.8 Å². The van der Waals surface area contributed by atoms with Crippen LogP contribution < -0.4 is 9.64 Å². The quantitative estimate of drug-likeness (QED) is 0.576. The molecule has 0 fully saturated rings. The number of aliphatic hydroxyl groups excluding tert-OH is 1. The number of imidazole rings is 1. The van der Waals surface area contributed by atoms with Crippen LogP contribution in [0.2, 0.25) is 5.02 Å². The molecule has 0 radical (unpaired) electrons. The Bertz CT molecular complexity index is 1100. The van der Waals surface area contributed by atoms with Gasteiger partial charge >= 0.3 is 6.01 Å². The van der Waals surface area contributed by atoms with E-state index in [9.17, 15) is 14.3 Å². The second-order valence-electron chi connectivity index (χ2n) is 7.65. The highest BCUT2D eigenvalue weighted by Gasteiger charge is 2.38. The van der Waals surface area contributed by atoms with Gasteiger partial charge in [-0.25, -0.2) is 4.39 Å². The number of aromatic nitrogens is 2. The summed E-state index contributed by atoms with van der Waals surface area (Å²) in [6.45, 7) is 2.59. The normalized spacial score (nSPS) is 15.8. The molecule has 7 nitrogen and oxygen atoms in total. The van der Waals surface area contributed by atoms with Crippen LogP contribution in [0.25, 0.3) is 0 Å². The van der Waals surface area contributed by atoms with E-state index >= 15 is 0 Å². The molecule has 3 aromatic rings. The third-order valence-electron chi connectivity index (χ3n) is 5.56. The Labute approximate surface area is 190 Å². The van der Waals surface area contributed by atoms with Gasteiger partial charge in [-0.3, -0.25) is 9.36 Å². The zero-order chi connectivity index (χ0) is 22.8. The molecule has 168 valence electrons. The third-order valence-corrected chi connectivity index (χ3v) is 5.81. The van der Waals surface area contributed by atoms with Crippen molar-refractivity contribution in [2.45, 2.75) is 26.1 Å². The zero-order valence-electron chi connectivity index (χ0n) is 17.8. The van der Waals surface area contributed by atoms with Gasteiger partial charge in [0.2, 0.25) is 0 Å². The van der Waals surface area contributed by atoms with E-state index in [1.165, 1.54) is 12.1 Å². The number of aliphatic hydroxyl groups is 1. The summed E-state index contributed by atoms with van der Waals surface area (Å²) in [5.41, 5.74) is 1.18. The predicted octanol–water partition coefficient (Wildman–Crippen LogP) is 4.14. The maximum atomic E-state index is 13.5. The van der Waals surface area contributed by atoms with Gasteiger partial charge in [0, 0.05) is 25.2 Å². The monoisotopic (exact) mass is 458 g/mol. The minimum Gasteiger partial charge on any atom is -0.425 e. The Morgan fingerprint density at radius 2 is 1.84 bits per heavy atom. The number of anilines is 1. The Hall–Kier alpha value is -3.10. The Balaban J connectivity index is 1.78. The molecular weight excluding hydrogens is 435 g/mol. The molecule has 0 bridgehead atoms. The summed E-state index contributed by atoms with van der Waals surface area (Å²) in [6.07, 6.45) is 0.235. The number of hydrogen-bond acceptors (Lipinski definition) is 5. The van der Waals surface area contributed by atoms with Crippen molar-refractivity contribution in [1.82, 2.24) is 14.5 Å². The Morgan fingerprint density at radius 3 is 2.50 bits per heavy atom. The van der Waals surface area contributed by atoms with Crippen molar-refractivity contribution in [3.05, 3.63) is 70.6 Å². The van der Waals surface area contributed by atoms with E-state index in [1.54, 1.807) is 45.9 Å². The lowest BCUT2D eigenvalue weighted by molar-refractivity contribution is 0.0646. The van der Waals surface area contributed by atoms with Gasteiger partial charge in [0.15, 0.2) is 11.5 Å². The van der Waals surface area contributed by atoms with E-state index in [2.05, 4.69) is 4.98 Å². The molecule has 0 saturated heterocycles. The summed E-state index contributed by atoms with van der Waals surface area (Å²) >= 11 is 5.98. The topological polar surface area (TPSA) is 70.8 Å². The fourth-order valence-electron chi connectivity index (χ4n) is 3.70. The van der Waals surface area contributed by atoms with Crippen LogP contribution in [0.1, 0.15) is 29.4 Å². The van der Waals surface area contributed by atoms with Crippen molar-refractivity contribution in [2.75, 3.05) is 25.1 Å². The lowest BCUT2D eigenvalue weighted by Crippen LogP contribution is -2.53. The van der Waals surface area contributed by atoms with Gasteiger partial charge in [-0.2, -0.15) is 4.98 Å². The fraction of sp³-hybridized carbons (Fsp3) is 0.304. The molecule has 0 saturated carbocycles. The highest BCUT2D eigenvalue weighted by molar-refractivity contribution is 6.30. The maximum absolute atomic E-state index is 13.5. The number of ether oxygens (including phenoxy) is 1. The largest absolute Gasteiger partial charge is 0.425 e. The molecule has 1 amide bonds. The van der Waals surface area contributed by atoms with E-state index in [-0.39, 0.29) is 37.1 Å². The lowest BCUT2D eigenvalue weighted by atomic mass is 10.2. The summed E-state index contributed by atoms with van der Waals surface area (Å²) in [7, 11) is 1.86. The first-order valence-electron chi connectivity index (χ1n) is 10.3. The van der Waals surface area contributed by atoms with Crippen molar-refractivity contribution >= 4 is 23.3 Å². The van der Waals surface area contributed by atoms with Crippen LogP contribution in [0.4, 0.5) is 10.2 Å². The van der Waals surface area contributed by atoms with Gasteiger partial charge in [0.1, 0.15) is 17.7 Å². The second-order valence-corrected chi connectivity index (χ2v) is 8.09. The lowest BCUT2D eigenvalue weighted by Gasteiger charge is -2.40. The molecule has 1 N–H and O–H groups in total. The van der Waals surface area contributed by atoms with Crippen molar-refractivity contribution in [1.29, 1.82) is 0 Å². The SMILES string of the molecule is CC1N(CCCO)C(=O)c2c(nc(Oc3ccc(Cl)cc3)n2Cc2ccc(F)cc2)N1C. The van der Waals surface area contributed by atoms with Crippen LogP contribution in [0, 0.1) is 5.82 Å². The smallest absolute Gasteiger partial charge is 0.304 e. The van der Waals surface area contributed by atoms with Crippen LogP contribution in [0.5, 0.6) is 11.8 Å². The van der Waals surface area contributed by atoms with E-state index in [4.69, 9.17) is 16.3 Å². The van der Waals surface area contributed by atoms with Gasteiger partial charge in [0.05, 0.1) is 6.54 Å². The van der Waals surface area contributed by atoms with Gasteiger partial charge in [-0.1, -0.05) is 23.7 Å². The summed E-state index contributed by atoms with van der Waals surface area (Å²) < 4.78 is 21.2. The van der Waals surface area contributed by atoms with Crippen LogP contribution in [0.15, 0.2) is 48.5 Å². The third kappa shape index (κ3) is 4.28. The molecule has 1 unspecified atom stereocenters. The summed E-state index contributed by atoms with van der Waals surface area (Å²) in [4.78, 5) is 21.7. The molecule has 0 aliphatic carbocycles. The molecule has 9 heteroatoms. The number of rotatable bonds is 7. The number of amides is 1. The zero-order valence-corrected chi connectivity index (χ0v) is 18.6. The summed E-state index contributed by atoms with van der Waals surface area (Å²) in [5.74, 6) is 0.504. The molecule has 32 heavy (non-hydrogen) atoms. The first-order chi connectivity index (χ1) is 15.4. The van der Waals surface area contributed by atoms with Crippen LogP contribution in [-0.2, 0) is 6.54 Å². The van der Waals surface area contributed by atoms with Gasteiger partial charge in [0.25, 0.3) is 5.91 Å². The molecule has 4 rings (SSSR count). The Kier molecular flexibility index (Phi) is 6.34. The number of halogens is 2. The standard InChI is InChI=1S/C23H24ClFN4O3/c1-15-27(2)21-20(22(31)28(15)12-3-13-30)29(14-16-4-8-18(25)9-5-16)23(26-21)32-19-10-6-17(24)7-11-19/h4-11,15,30H,3,12-14H2,1-2H3. The van der Waals surface area contributed by atoms with Crippen LogP contribution >= 0.6 is 11.6 Å². The van der Waals surface area contributed by atoms with Crippen molar-refractivity contribution in [3.63, 3.8) is 0 Å². The summed E-state index contributed by atoms with van der Waals surface area (Å²) in [6, 6.07) is 13.2. The maximum Gasteiger partial charge on any atom is 0.304 e. The van der Waals surface area contributed by atoms with Gasteiger partial charge < -0.3 is 19.6 Å². The number of carbonyl (C=O) groups is 1. The molecule has 1 aliphatic heterocycles. The Morgan fingerprint density at radius 1 is 1.16 bits per heavy atom. The molecule has 2 aromatic carbocycles. The molecule has 1 aliphatic rings. The first-order valence-corrected chi connectivity index (χ1v) is 10.7. The van der Waals surface area contributed by atoms with Crippen LogP contribution in [0.3, 0.4) is 0 Å². The predicted molar refractivity (Wildman–Crippen MR) is 120 cm³/mol. The summed E-state index contributed by atoms with van der Waals surface area (Å²) in [5, 5.41) is 9.84. The first kappa shape index (κ1) is 22.1. The van der Waals surface area contributed by atoms with E-state index in [0.29, 0.717) is 35.2 Å². The van der Waals surface area contributed by atoms with Crippen LogP contribution in [-0.4, -0.2) is 51.8 Å². The van der Waals surface area contributed by atoms with E-state index < -0.39 is 0 Å². The average Bonchev–Trinajstić information content (AvgIpc) is 3.13.